The first-order valence-electron chi connectivity index (χ1n) is 6.46. The summed E-state index contributed by atoms with van der Waals surface area (Å²) in [6.07, 6.45) is 8.42. The van der Waals surface area contributed by atoms with Crippen LogP contribution in [0.4, 0.5) is 0 Å². The van der Waals surface area contributed by atoms with E-state index in [1.165, 1.54) is 45.6 Å². The first kappa shape index (κ1) is 15.4. The molecule has 0 unspecified atom stereocenters. The zero-order valence-electron chi connectivity index (χ0n) is 11.1. The van der Waals surface area contributed by atoms with Gasteiger partial charge >= 0.3 is 5.97 Å². The molecule has 0 saturated carbocycles. The van der Waals surface area contributed by atoms with Crippen molar-refractivity contribution in [2.45, 2.75) is 51.9 Å². The number of ether oxygens (including phenoxy) is 1. The fourth-order valence-corrected chi connectivity index (χ4v) is 1.66. The highest BCUT2D eigenvalue weighted by molar-refractivity contribution is 5.69. The number of hydrogen-bond donors (Lipinski definition) is 0. The van der Waals surface area contributed by atoms with Crippen molar-refractivity contribution in [2.75, 3.05) is 27.2 Å². The molecule has 0 radical (unpaired) electrons. The minimum atomic E-state index is -0.116. The van der Waals surface area contributed by atoms with E-state index in [1.54, 1.807) is 0 Å². The molecule has 0 N–H and O–H groups in total. The van der Waals surface area contributed by atoms with Crippen LogP contribution >= 0.6 is 0 Å². The van der Waals surface area contributed by atoms with E-state index in [4.69, 9.17) is 0 Å². The van der Waals surface area contributed by atoms with Crippen LogP contribution in [-0.4, -0.2) is 38.1 Å². The van der Waals surface area contributed by atoms with E-state index in [-0.39, 0.29) is 5.97 Å². The molecule has 0 atom stereocenters. The molecule has 0 fully saturated rings. The van der Waals surface area contributed by atoms with Gasteiger partial charge in [-0.1, -0.05) is 39.0 Å². The molecule has 0 aliphatic heterocycles. The van der Waals surface area contributed by atoms with Crippen LogP contribution in [-0.2, 0) is 9.53 Å². The summed E-state index contributed by atoms with van der Waals surface area (Å²) < 4.78 is 4.60. The molecule has 0 heterocycles. The molecule has 3 heteroatoms. The van der Waals surface area contributed by atoms with Crippen molar-refractivity contribution in [1.29, 1.82) is 0 Å². The zero-order valence-corrected chi connectivity index (χ0v) is 11.1. The van der Waals surface area contributed by atoms with Gasteiger partial charge in [-0.2, -0.15) is 0 Å². The summed E-state index contributed by atoms with van der Waals surface area (Å²) in [4.78, 5) is 13.1. The Labute approximate surface area is 100 Å². The number of methoxy groups -OCH3 is 1. The topological polar surface area (TPSA) is 29.5 Å². The Morgan fingerprint density at radius 1 is 1.06 bits per heavy atom. The highest BCUT2D eigenvalue weighted by Crippen LogP contribution is 2.05. The summed E-state index contributed by atoms with van der Waals surface area (Å²) in [7, 11) is 3.51. The molecule has 0 aliphatic carbocycles. The molecule has 16 heavy (non-hydrogen) atoms. The third-order valence-corrected chi connectivity index (χ3v) is 2.82. The van der Waals surface area contributed by atoms with Crippen molar-refractivity contribution in [2.24, 2.45) is 0 Å². The van der Waals surface area contributed by atoms with Crippen LogP contribution in [0.25, 0.3) is 0 Å². The molecule has 0 aromatic rings. The van der Waals surface area contributed by atoms with Gasteiger partial charge in [0.15, 0.2) is 0 Å². The number of carbonyl (C=O) groups is 1. The lowest BCUT2D eigenvalue weighted by Crippen LogP contribution is -2.23. The zero-order chi connectivity index (χ0) is 12.2. The predicted octanol–water partition coefficient (Wildman–Crippen LogP) is 2.84. The minimum absolute atomic E-state index is 0.116. The summed E-state index contributed by atoms with van der Waals surface area (Å²) in [6, 6.07) is 0. The summed E-state index contributed by atoms with van der Waals surface area (Å²) >= 11 is 0. The fourth-order valence-electron chi connectivity index (χ4n) is 1.66. The van der Waals surface area contributed by atoms with Crippen molar-refractivity contribution in [1.82, 2.24) is 4.90 Å². The molecule has 0 bridgehead atoms. The molecule has 0 rings (SSSR count). The third kappa shape index (κ3) is 9.97. The Morgan fingerprint density at radius 2 is 1.69 bits per heavy atom. The average molecular weight is 229 g/mol. The highest BCUT2D eigenvalue weighted by Gasteiger charge is 2.03. The van der Waals surface area contributed by atoms with Crippen molar-refractivity contribution in [3.05, 3.63) is 0 Å². The van der Waals surface area contributed by atoms with E-state index >= 15 is 0 Å². The first-order chi connectivity index (χ1) is 7.70. The number of esters is 1. The Kier molecular flexibility index (Phi) is 10.5. The van der Waals surface area contributed by atoms with Crippen molar-refractivity contribution >= 4 is 5.97 Å². The van der Waals surface area contributed by atoms with E-state index in [2.05, 4.69) is 23.6 Å². The lowest BCUT2D eigenvalue weighted by molar-refractivity contribution is -0.140. The van der Waals surface area contributed by atoms with Crippen LogP contribution in [0.1, 0.15) is 51.9 Å². The first-order valence-corrected chi connectivity index (χ1v) is 6.46. The van der Waals surface area contributed by atoms with Crippen LogP contribution in [0.5, 0.6) is 0 Å². The van der Waals surface area contributed by atoms with Gasteiger partial charge in [-0.3, -0.25) is 4.79 Å². The minimum Gasteiger partial charge on any atom is -0.469 e. The van der Waals surface area contributed by atoms with Gasteiger partial charge in [-0.25, -0.2) is 0 Å². The van der Waals surface area contributed by atoms with Gasteiger partial charge in [0.1, 0.15) is 0 Å². The summed E-state index contributed by atoms with van der Waals surface area (Å²) in [5.74, 6) is -0.116. The second-order valence-corrected chi connectivity index (χ2v) is 4.40. The van der Waals surface area contributed by atoms with E-state index in [9.17, 15) is 4.79 Å². The van der Waals surface area contributed by atoms with Crippen LogP contribution in [0, 0.1) is 0 Å². The molecule has 0 aromatic heterocycles. The molecule has 0 aromatic carbocycles. The summed E-state index contributed by atoms with van der Waals surface area (Å²) in [5, 5.41) is 0. The van der Waals surface area contributed by atoms with Gasteiger partial charge < -0.3 is 9.64 Å². The molecular formula is C13H27NO2. The fraction of sp³-hybridized carbons (Fsp3) is 0.923. The molecule has 96 valence electrons. The Bertz CT molecular complexity index is 171. The SMILES string of the molecule is CCCCCCCCN(C)CCC(=O)OC. The normalized spacial score (nSPS) is 10.8. The van der Waals surface area contributed by atoms with Crippen molar-refractivity contribution in [3.8, 4) is 0 Å². The van der Waals surface area contributed by atoms with E-state index in [1.807, 2.05) is 0 Å². The molecule has 3 nitrogen and oxygen atoms in total. The Balaban J connectivity index is 3.23. The quantitative estimate of drug-likeness (QED) is 0.426. The number of hydrogen-bond acceptors (Lipinski definition) is 3. The van der Waals surface area contributed by atoms with E-state index in [0.717, 1.165) is 13.1 Å². The molecular weight excluding hydrogens is 202 g/mol. The average Bonchev–Trinajstić information content (AvgIpc) is 2.30. The molecule has 0 saturated heterocycles. The molecule has 0 spiro atoms. The maximum atomic E-state index is 10.9. The monoisotopic (exact) mass is 229 g/mol. The standard InChI is InChI=1S/C13H27NO2/c1-4-5-6-7-8-9-11-14(2)12-10-13(15)16-3/h4-12H2,1-3H3. The second-order valence-electron chi connectivity index (χ2n) is 4.40. The summed E-state index contributed by atoms with van der Waals surface area (Å²) in [6.45, 7) is 4.13. The molecule has 0 amide bonds. The lowest BCUT2D eigenvalue weighted by Gasteiger charge is -2.15. The van der Waals surface area contributed by atoms with Crippen LogP contribution in [0.15, 0.2) is 0 Å². The number of nitrogens with zero attached hydrogens (tertiary/aromatic N) is 1. The van der Waals surface area contributed by atoms with Crippen LogP contribution < -0.4 is 0 Å². The number of unbranched alkanes of at least 4 members (excludes halogenated alkanes) is 5. The Hall–Kier alpha value is -0.570. The van der Waals surface area contributed by atoms with Crippen LogP contribution in [0.2, 0.25) is 0 Å². The maximum absolute atomic E-state index is 10.9. The number of carbonyl (C=O) groups excluding carboxylic acids is 1. The summed E-state index contributed by atoms with van der Waals surface area (Å²) in [5.41, 5.74) is 0. The number of rotatable bonds is 10. The predicted molar refractivity (Wildman–Crippen MR) is 67.5 cm³/mol. The van der Waals surface area contributed by atoms with E-state index < -0.39 is 0 Å². The Morgan fingerprint density at radius 3 is 2.31 bits per heavy atom. The van der Waals surface area contributed by atoms with Gasteiger partial charge in [0.25, 0.3) is 0 Å². The smallest absolute Gasteiger partial charge is 0.306 e. The van der Waals surface area contributed by atoms with Gasteiger partial charge in [0, 0.05) is 6.54 Å². The van der Waals surface area contributed by atoms with E-state index in [0.29, 0.717) is 6.42 Å². The third-order valence-electron chi connectivity index (χ3n) is 2.82. The maximum Gasteiger partial charge on any atom is 0.306 e. The lowest BCUT2D eigenvalue weighted by atomic mass is 10.1. The van der Waals surface area contributed by atoms with Gasteiger partial charge in [0.05, 0.1) is 13.5 Å². The van der Waals surface area contributed by atoms with Crippen molar-refractivity contribution < 1.29 is 9.53 Å². The van der Waals surface area contributed by atoms with Crippen molar-refractivity contribution in [3.63, 3.8) is 0 Å². The van der Waals surface area contributed by atoms with Crippen LogP contribution in [0.3, 0.4) is 0 Å². The highest BCUT2D eigenvalue weighted by atomic mass is 16.5. The van der Waals surface area contributed by atoms with Gasteiger partial charge in [-0.15, -0.1) is 0 Å². The largest absolute Gasteiger partial charge is 0.469 e. The molecule has 0 aliphatic rings. The second kappa shape index (κ2) is 10.9. The van der Waals surface area contributed by atoms with Gasteiger partial charge in [-0.05, 0) is 20.0 Å². The van der Waals surface area contributed by atoms with Gasteiger partial charge in [0.2, 0.25) is 0 Å².